The number of halogens is 4. The molecule has 6 aliphatic rings. The predicted molar refractivity (Wildman–Crippen MR) is 255 cm³/mol. The minimum absolute atomic E-state index is 0.107. The smallest absolute Gasteiger partial charge is 0.301 e. The van der Waals surface area contributed by atoms with Crippen molar-refractivity contribution in [2.45, 2.75) is 95.1 Å². The maximum Gasteiger partial charge on any atom is 0.301 e. The van der Waals surface area contributed by atoms with E-state index in [0.717, 1.165) is 77.8 Å². The highest BCUT2D eigenvalue weighted by atomic mass is 35.5. The van der Waals surface area contributed by atoms with E-state index in [1.807, 2.05) is 24.3 Å². The van der Waals surface area contributed by atoms with E-state index >= 15 is 13.2 Å². The van der Waals surface area contributed by atoms with E-state index in [4.69, 9.17) is 21.3 Å². The summed E-state index contributed by atoms with van der Waals surface area (Å²) in [5.74, 6) is -3.49. The van der Waals surface area contributed by atoms with Crippen LogP contribution in [-0.4, -0.2) is 105 Å². The number of carbonyl (C=O) groups is 2. The molecule has 2 aromatic carbocycles. The first-order chi connectivity index (χ1) is 32.7. The second-order valence-electron chi connectivity index (χ2n) is 20.2. The van der Waals surface area contributed by atoms with Crippen LogP contribution >= 0.6 is 11.6 Å². The van der Waals surface area contributed by atoms with Crippen molar-refractivity contribution >= 4 is 74.0 Å². The van der Waals surface area contributed by atoms with Gasteiger partial charge in [-0.25, -0.2) is 18.2 Å². The summed E-state index contributed by atoms with van der Waals surface area (Å²) >= 11 is 6.68. The van der Waals surface area contributed by atoms with Crippen LogP contribution in [0, 0.1) is 23.1 Å². The highest BCUT2D eigenvalue weighted by Crippen LogP contribution is 2.47. The number of hydrogen-bond acceptors (Lipinski definition) is 12. The van der Waals surface area contributed by atoms with Gasteiger partial charge in [-0.1, -0.05) is 11.6 Å². The summed E-state index contributed by atoms with van der Waals surface area (Å²) in [6, 6.07) is 8.39. The molecule has 68 heavy (non-hydrogen) atoms. The molecule has 2 amide bonds. The Hall–Kier alpha value is -5.62. The van der Waals surface area contributed by atoms with Crippen molar-refractivity contribution in [1.29, 1.82) is 0 Å². The van der Waals surface area contributed by atoms with Gasteiger partial charge in [-0.3, -0.25) is 24.4 Å². The van der Waals surface area contributed by atoms with Gasteiger partial charge in [-0.2, -0.15) is 10.1 Å². The number of aryl methyl sites for hydroxylation is 2. The van der Waals surface area contributed by atoms with Crippen LogP contribution < -0.4 is 36.0 Å². The van der Waals surface area contributed by atoms with Crippen molar-refractivity contribution in [1.82, 2.24) is 34.5 Å². The lowest BCUT2D eigenvalue weighted by Gasteiger charge is -2.49. The summed E-state index contributed by atoms with van der Waals surface area (Å²) in [6.45, 7) is 6.75. The largest absolute Gasteiger partial charge is 0.480 e. The Kier molecular flexibility index (Phi) is 11.3. The molecule has 360 valence electrons. The molecular weight excluding hydrogens is 899 g/mol. The monoisotopic (exact) mass is 955 g/mol. The molecule has 3 atom stereocenters. The van der Waals surface area contributed by atoms with Crippen LogP contribution in [0.15, 0.2) is 41.3 Å². The summed E-state index contributed by atoms with van der Waals surface area (Å²) < 4.78 is 55.2. The normalized spacial score (nSPS) is 23.8. The van der Waals surface area contributed by atoms with Crippen LogP contribution in [-0.2, 0) is 23.7 Å². The Bertz CT molecular complexity index is 2880. The number of nitrogens with zero attached hydrogens (tertiary/aromatic N) is 8. The molecule has 1 aliphatic carbocycles. The van der Waals surface area contributed by atoms with E-state index in [-0.39, 0.29) is 46.8 Å². The van der Waals surface area contributed by atoms with E-state index < -0.39 is 30.0 Å². The van der Waals surface area contributed by atoms with E-state index in [1.54, 1.807) is 26.4 Å². The van der Waals surface area contributed by atoms with Gasteiger partial charge in [0.15, 0.2) is 18.2 Å². The second kappa shape index (κ2) is 17.1. The molecule has 1 unspecified atom stereocenters. The Morgan fingerprint density at radius 1 is 0.912 bits per heavy atom. The van der Waals surface area contributed by atoms with Gasteiger partial charge in [0.2, 0.25) is 23.5 Å². The number of fused-ring (bicyclic) bond motifs is 4. The van der Waals surface area contributed by atoms with Crippen molar-refractivity contribution in [2.75, 3.05) is 66.3 Å². The van der Waals surface area contributed by atoms with E-state index in [1.165, 1.54) is 9.25 Å². The Labute approximate surface area is 396 Å². The maximum atomic E-state index is 16.3. The molecule has 3 N–H and O–H groups in total. The van der Waals surface area contributed by atoms with Gasteiger partial charge in [0, 0.05) is 69.2 Å². The number of hydrogen-bond donors (Lipinski definition) is 3. The average Bonchev–Trinajstić information content (AvgIpc) is 4.13. The van der Waals surface area contributed by atoms with E-state index in [2.05, 4.69) is 47.7 Å². The van der Waals surface area contributed by atoms with Gasteiger partial charge < -0.3 is 34.6 Å². The lowest BCUT2D eigenvalue weighted by atomic mass is 9.70. The SMILES string of the molecule is C[C@@H](C1CCN(c2ccc3c(C4CCC(=O)NC4=O)nn(C)c3c2F)CC1)N1CCC2(CCN(c3ncc(Cl)c(Nc4ccc5c(c4)c4c(c(=O)n5C)OCC(F)(F)[C@H](C5CC5)N4)n3)CC2)CC1. The number of alkyl halides is 2. The molecule has 11 rings (SSSR count). The van der Waals surface area contributed by atoms with Crippen molar-refractivity contribution < 1.29 is 27.5 Å². The number of rotatable bonds is 8. The molecule has 3 aromatic heterocycles. The van der Waals surface area contributed by atoms with Crippen LogP contribution in [0.3, 0.4) is 0 Å². The summed E-state index contributed by atoms with van der Waals surface area (Å²) in [6.07, 6.45) is 9.87. The molecule has 5 aliphatic heterocycles. The van der Waals surface area contributed by atoms with Crippen LogP contribution in [0.1, 0.15) is 82.7 Å². The lowest BCUT2D eigenvalue weighted by molar-refractivity contribution is -0.134. The molecule has 19 heteroatoms. The average molecular weight is 957 g/mol. The summed E-state index contributed by atoms with van der Waals surface area (Å²) in [5, 5.41) is 14.9. The molecule has 4 saturated heterocycles. The maximum absolute atomic E-state index is 16.3. The summed E-state index contributed by atoms with van der Waals surface area (Å²) in [7, 11) is 3.31. The van der Waals surface area contributed by atoms with Crippen LogP contribution in [0.25, 0.3) is 21.8 Å². The van der Waals surface area contributed by atoms with Gasteiger partial charge in [0.1, 0.15) is 10.5 Å². The zero-order valence-electron chi connectivity index (χ0n) is 38.6. The van der Waals surface area contributed by atoms with Crippen LogP contribution in [0.5, 0.6) is 5.75 Å². The number of benzene rings is 2. The van der Waals surface area contributed by atoms with Gasteiger partial charge >= 0.3 is 5.92 Å². The lowest BCUT2D eigenvalue weighted by Crippen LogP contribution is -2.51. The molecule has 8 heterocycles. The fourth-order valence-corrected chi connectivity index (χ4v) is 12.0. The van der Waals surface area contributed by atoms with Crippen LogP contribution in [0.2, 0.25) is 5.02 Å². The molecule has 0 radical (unpaired) electrons. The number of likely N-dealkylation sites (tertiary alicyclic amines) is 1. The minimum Gasteiger partial charge on any atom is -0.480 e. The second-order valence-corrected chi connectivity index (χ2v) is 20.6. The van der Waals surface area contributed by atoms with Gasteiger partial charge in [0.05, 0.1) is 40.7 Å². The highest BCUT2D eigenvalue weighted by molar-refractivity contribution is 6.33. The molecule has 5 fully saturated rings. The first-order valence-electron chi connectivity index (χ1n) is 24.1. The topological polar surface area (TPSA) is 155 Å². The molecule has 5 aromatic rings. The predicted octanol–water partition coefficient (Wildman–Crippen LogP) is 7.48. The minimum atomic E-state index is -3.14. The third-order valence-electron chi connectivity index (χ3n) is 16.2. The van der Waals surface area contributed by atoms with Crippen LogP contribution in [0.4, 0.5) is 42.0 Å². The molecule has 1 spiro atoms. The number of pyridine rings is 1. The third-order valence-corrected chi connectivity index (χ3v) is 16.5. The quantitative estimate of drug-likeness (QED) is 0.132. The fourth-order valence-electron chi connectivity index (χ4n) is 11.8. The fraction of sp³-hybridized carbons (Fsp3) is 0.551. The Morgan fingerprint density at radius 3 is 2.37 bits per heavy atom. The Morgan fingerprint density at radius 2 is 1.65 bits per heavy atom. The summed E-state index contributed by atoms with van der Waals surface area (Å²) in [4.78, 5) is 54.2. The highest BCUT2D eigenvalue weighted by Gasteiger charge is 2.51. The first kappa shape index (κ1) is 44.9. The number of aromatic nitrogens is 5. The first-order valence-corrected chi connectivity index (χ1v) is 24.5. The number of imide groups is 1. The number of nitrogens with one attached hydrogen (secondary N) is 3. The van der Waals surface area contributed by atoms with Crippen molar-refractivity contribution in [3.05, 3.63) is 63.4 Å². The van der Waals surface area contributed by atoms with Crippen molar-refractivity contribution in [2.24, 2.45) is 31.3 Å². The molecule has 1 saturated carbocycles. The number of piperidine rings is 4. The number of carbonyl (C=O) groups excluding carboxylic acids is 2. The zero-order chi connectivity index (χ0) is 47.2. The van der Waals surface area contributed by atoms with E-state index in [0.29, 0.717) is 86.9 Å². The van der Waals surface area contributed by atoms with Gasteiger partial charge in [-0.15, -0.1) is 0 Å². The summed E-state index contributed by atoms with van der Waals surface area (Å²) in [5.41, 5.74) is 2.71. The van der Waals surface area contributed by atoms with Crippen molar-refractivity contribution in [3.8, 4) is 5.75 Å². The van der Waals surface area contributed by atoms with Crippen molar-refractivity contribution in [3.63, 3.8) is 0 Å². The zero-order valence-corrected chi connectivity index (χ0v) is 39.4. The van der Waals surface area contributed by atoms with Gasteiger partial charge in [-0.05, 0) is 125 Å². The molecular formula is C49H57ClF3N11O4. The van der Waals surface area contributed by atoms with Gasteiger partial charge in [0.25, 0.3) is 5.56 Å². The van der Waals surface area contributed by atoms with E-state index in [9.17, 15) is 14.4 Å². The third kappa shape index (κ3) is 7.98. The standard InChI is InChI=1S/C49H57ClF3N11O4/c1-27(28-12-18-63(19-13-28)36-10-7-31-39(59-61(3)41(31)38(36)51)32-8-11-37(65)56-45(32)66)62-20-14-48(15-21-62)16-22-64(23-17-48)47-54-25-34(50)44(58-47)55-30-6-9-35-33(24-30)40-42(46(67)60(35)2)68-26-49(52,53)43(57-40)29-4-5-29/h6-7,9-10,24-25,27-29,32,43,57H,4-5,8,11-23,26H2,1-3H3,(H,54,55,58)(H,56,65,66)/t27-,32?,43-/m0/s1. The molecule has 0 bridgehead atoms. The molecule has 15 nitrogen and oxygen atoms in total. The Balaban J connectivity index is 0.701. The number of ether oxygens (including phenoxy) is 1. The number of amides is 2. The number of anilines is 5.